The second-order valence-corrected chi connectivity index (χ2v) is 6.45. The second kappa shape index (κ2) is 4.50. The third-order valence-electron chi connectivity index (χ3n) is 4.13. The predicted octanol–water partition coefficient (Wildman–Crippen LogP) is 4.09. The summed E-state index contributed by atoms with van der Waals surface area (Å²) in [5, 5.41) is 12.9. The maximum Gasteiger partial charge on any atom is 0.0990 e. The first-order valence-electron chi connectivity index (χ1n) is 6.28. The Morgan fingerprint density at radius 2 is 1.94 bits per heavy atom. The molecule has 2 heteroatoms. The fraction of sp³-hybridized carbons (Fsp3) is 0.714. The van der Waals surface area contributed by atoms with Gasteiger partial charge in [0.05, 0.1) is 5.60 Å². The number of aryl methyl sites for hydroxylation is 1. The van der Waals surface area contributed by atoms with Crippen molar-refractivity contribution in [2.45, 2.75) is 52.1 Å². The van der Waals surface area contributed by atoms with Crippen LogP contribution >= 0.6 is 11.3 Å². The lowest BCUT2D eigenvalue weighted by Crippen LogP contribution is -2.34. The summed E-state index contributed by atoms with van der Waals surface area (Å²) < 4.78 is 0. The maximum absolute atomic E-state index is 10.8. The SMILES string of the molecule is Cc1ccsc1C(C)(O)C1CCC(C)CC1. The van der Waals surface area contributed by atoms with Crippen molar-refractivity contribution in [2.75, 3.05) is 0 Å². The minimum absolute atomic E-state index is 0.445. The van der Waals surface area contributed by atoms with Crippen molar-refractivity contribution in [1.29, 1.82) is 0 Å². The minimum atomic E-state index is -0.613. The van der Waals surface area contributed by atoms with Crippen LogP contribution in [0.1, 0.15) is 50.0 Å². The highest BCUT2D eigenvalue weighted by Crippen LogP contribution is 2.43. The van der Waals surface area contributed by atoms with Gasteiger partial charge in [-0.1, -0.05) is 19.8 Å². The Morgan fingerprint density at radius 1 is 1.31 bits per heavy atom. The van der Waals surface area contributed by atoms with Gasteiger partial charge >= 0.3 is 0 Å². The average Bonchev–Trinajstić information content (AvgIpc) is 2.66. The van der Waals surface area contributed by atoms with Crippen molar-refractivity contribution in [1.82, 2.24) is 0 Å². The Balaban J connectivity index is 2.16. The topological polar surface area (TPSA) is 20.2 Å². The summed E-state index contributed by atoms with van der Waals surface area (Å²) in [6, 6.07) is 2.11. The predicted molar refractivity (Wildman–Crippen MR) is 69.7 cm³/mol. The van der Waals surface area contributed by atoms with Gasteiger partial charge in [0.2, 0.25) is 0 Å². The molecule has 0 bridgehead atoms. The molecule has 1 fully saturated rings. The molecular weight excluding hydrogens is 216 g/mol. The first-order valence-corrected chi connectivity index (χ1v) is 7.16. The molecule has 90 valence electrons. The summed E-state index contributed by atoms with van der Waals surface area (Å²) in [6.45, 7) is 6.43. The Bertz CT molecular complexity index is 345. The largest absolute Gasteiger partial charge is 0.384 e. The van der Waals surface area contributed by atoms with E-state index >= 15 is 0 Å². The van der Waals surface area contributed by atoms with E-state index < -0.39 is 5.60 Å². The molecule has 0 saturated heterocycles. The van der Waals surface area contributed by atoms with E-state index in [4.69, 9.17) is 0 Å². The fourth-order valence-electron chi connectivity index (χ4n) is 2.90. The minimum Gasteiger partial charge on any atom is -0.384 e. The lowest BCUT2D eigenvalue weighted by atomic mass is 9.73. The molecule has 1 nitrogen and oxygen atoms in total. The van der Waals surface area contributed by atoms with E-state index in [0.717, 1.165) is 5.92 Å². The van der Waals surface area contributed by atoms with Gasteiger partial charge in [0, 0.05) is 4.88 Å². The van der Waals surface area contributed by atoms with Gasteiger partial charge < -0.3 is 5.11 Å². The molecule has 1 aromatic rings. The molecule has 1 aliphatic carbocycles. The summed E-state index contributed by atoms with van der Waals surface area (Å²) in [4.78, 5) is 1.17. The number of hydrogen-bond acceptors (Lipinski definition) is 2. The molecule has 1 heterocycles. The van der Waals surface area contributed by atoms with Crippen molar-refractivity contribution in [2.24, 2.45) is 11.8 Å². The van der Waals surface area contributed by atoms with E-state index in [-0.39, 0.29) is 0 Å². The molecule has 0 spiro atoms. The molecule has 0 radical (unpaired) electrons. The van der Waals surface area contributed by atoms with E-state index in [9.17, 15) is 5.11 Å². The summed E-state index contributed by atoms with van der Waals surface area (Å²) >= 11 is 1.70. The number of rotatable bonds is 2. The Morgan fingerprint density at radius 3 is 2.44 bits per heavy atom. The summed E-state index contributed by atoms with van der Waals surface area (Å²) in [6.07, 6.45) is 4.88. The van der Waals surface area contributed by atoms with Crippen LogP contribution in [-0.2, 0) is 5.60 Å². The van der Waals surface area contributed by atoms with Crippen molar-refractivity contribution >= 4 is 11.3 Å². The van der Waals surface area contributed by atoms with Crippen molar-refractivity contribution in [3.05, 3.63) is 21.9 Å². The Labute approximate surface area is 103 Å². The van der Waals surface area contributed by atoms with Gasteiger partial charge in [0.15, 0.2) is 0 Å². The highest BCUT2D eigenvalue weighted by Gasteiger charge is 2.37. The number of aliphatic hydroxyl groups is 1. The molecule has 1 saturated carbocycles. The zero-order chi connectivity index (χ0) is 11.8. The third kappa shape index (κ3) is 2.18. The lowest BCUT2D eigenvalue weighted by Gasteiger charge is -2.37. The first kappa shape index (κ1) is 12.1. The van der Waals surface area contributed by atoms with Gasteiger partial charge in [-0.3, -0.25) is 0 Å². The molecule has 1 atom stereocenters. The van der Waals surface area contributed by atoms with Crippen LogP contribution in [0.3, 0.4) is 0 Å². The first-order chi connectivity index (χ1) is 7.51. The molecule has 16 heavy (non-hydrogen) atoms. The summed E-state index contributed by atoms with van der Waals surface area (Å²) in [5.74, 6) is 1.29. The van der Waals surface area contributed by atoms with Crippen molar-refractivity contribution < 1.29 is 5.11 Å². The molecule has 1 aromatic heterocycles. The van der Waals surface area contributed by atoms with E-state index in [0.29, 0.717) is 5.92 Å². The smallest absolute Gasteiger partial charge is 0.0990 e. The van der Waals surface area contributed by atoms with Gasteiger partial charge in [-0.05, 0) is 55.5 Å². The molecule has 0 aromatic carbocycles. The molecule has 1 unspecified atom stereocenters. The van der Waals surface area contributed by atoms with Crippen LogP contribution < -0.4 is 0 Å². The average molecular weight is 238 g/mol. The van der Waals surface area contributed by atoms with Crippen LogP contribution in [-0.4, -0.2) is 5.11 Å². The fourth-order valence-corrected chi connectivity index (χ4v) is 3.97. The number of hydrogen-bond donors (Lipinski definition) is 1. The van der Waals surface area contributed by atoms with E-state index in [1.807, 2.05) is 6.92 Å². The maximum atomic E-state index is 10.8. The standard InChI is InChI=1S/C14H22OS/c1-10-4-6-12(7-5-10)14(3,15)13-11(2)8-9-16-13/h8-10,12,15H,4-7H2,1-3H3. The lowest BCUT2D eigenvalue weighted by molar-refractivity contribution is -0.0237. The molecule has 2 rings (SSSR count). The van der Waals surface area contributed by atoms with Crippen LogP contribution in [0.2, 0.25) is 0 Å². The van der Waals surface area contributed by atoms with Crippen LogP contribution in [0.5, 0.6) is 0 Å². The van der Waals surface area contributed by atoms with E-state index in [1.165, 1.54) is 36.1 Å². The van der Waals surface area contributed by atoms with Crippen LogP contribution in [0.25, 0.3) is 0 Å². The molecule has 1 aliphatic rings. The Hall–Kier alpha value is -0.340. The third-order valence-corrected chi connectivity index (χ3v) is 5.38. The molecule has 1 N–H and O–H groups in total. The van der Waals surface area contributed by atoms with Gasteiger partial charge in [-0.15, -0.1) is 11.3 Å². The second-order valence-electron chi connectivity index (χ2n) is 5.54. The van der Waals surface area contributed by atoms with Gasteiger partial charge in [-0.2, -0.15) is 0 Å². The molecule has 0 amide bonds. The number of thiophene rings is 1. The Kier molecular flexibility index (Phi) is 3.41. The van der Waals surface area contributed by atoms with E-state index in [1.54, 1.807) is 11.3 Å². The zero-order valence-electron chi connectivity index (χ0n) is 10.5. The zero-order valence-corrected chi connectivity index (χ0v) is 11.3. The van der Waals surface area contributed by atoms with E-state index in [2.05, 4.69) is 25.3 Å². The highest BCUT2D eigenvalue weighted by atomic mass is 32.1. The van der Waals surface area contributed by atoms with Gasteiger partial charge in [-0.25, -0.2) is 0 Å². The van der Waals surface area contributed by atoms with Crippen molar-refractivity contribution in [3.63, 3.8) is 0 Å². The normalized spacial score (nSPS) is 30.0. The van der Waals surface area contributed by atoms with Gasteiger partial charge in [0.25, 0.3) is 0 Å². The monoisotopic (exact) mass is 238 g/mol. The van der Waals surface area contributed by atoms with Crippen LogP contribution in [0.4, 0.5) is 0 Å². The molecular formula is C14H22OS. The quantitative estimate of drug-likeness (QED) is 0.822. The van der Waals surface area contributed by atoms with Crippen molar-refractivity contribution in [3.8, 4) is 0 Å². The van der Waals surface area contributed by atoms with Crippen LogP contribution in [0, 0.1) is 18.8 Å². The van der Waals surface area contributed by atoms with Crippen LogP contribution in [0.15, 0.2) is 11.4 Å². The summed E-state index contributed by atoms with van der Waals surface area (Å²) in [7, 11) is 0. The van der Waals surface area contributed by atoms with Gasteiger partial charge in [0.1, 0.15) is 0 Å². The highest BCUT2D eigenvalue weighted by molar-refractivity contribution is 7.10. The molecule has 0 aliphatic heterocycles. The summed E-state index contributed by atoms with van der Waals surface area (Å²) in [5.41, 5.74) is 0.631.